The van der Waals surface area contributed by atoms with E-state index >= 15 is 0 Å². The topological polar surface area (TPSA) is 75.4 Å². The number of carbonyl (C=O) groups is 1. The van der Waals surface area contributed by atoms with E-state index in [0.717, 1.165) is 12.1 Å². The Morgan fingerprint density at radius 3 is 2.65 bits per heavy atom. The van der Waals surface area contributed by atoms with E-state index in [1.165, 1.54) is 30.1 Å². The SMILES string of the molecule is CSc1nccc(/C(=N/O)C(=O)c2cccc(C(F)(F)F)c2)n1. The summed E-state index contributed by atoms with van der Waals surface area (Å²) in [5.41, 5.74) is -1.65. The van der Waals surface area contributed by atoms with Crippen molar-refractivity contribution in [3.63, 3.8) is 0 Å². The Morgan fingerprint density at radius 1 is 1.30 bits per heavy atom. The lowest BCUT2D eigenvalue weighted by molar-refractivity contribution is -0.137. The maximum absolute atomic E-state index is 12.7. The molecule has 0 aliphatic heterocycles. The third kappa shape index (κ3) is 3.86. The van der Waals surface area contributed by atoms with E-state index in [-0.39, 0.29) is 11.3 Å². The Labute approximate surface area is 133 Å². The molecule has 2 aromatic rings. The largest absolute Gasteiger partial charge is 0.416 e. The molecule has 1 aromatic heterocycles. The van der Waals surface area contributed by atoms with Gasteiger partial charge in [-0.25, -0.2) is 9.97 Å². The summed E-state index contributed by atoms with van der Waals surface area (Å²) in [6, 6.07) is 5.20. The highest BCUT2D eigenvalue weighted by molar-refractivity contribution is 7.98. The van der Waals surface area contributed by atoms with Crippen LogP contribution < -0.4 is 0 Å². The lowest BCUT2D eigenvalue weighted by Gasteiger charge is -2.09. The van der Waals surface area contributed by atoms with Gasteiger partial charge in [-0.05, 0) is 24.5 Å². The van der Waals surface area contributed by atoms with Crippen LogP contribution in [0.15, 0.2) is 46.8 Å². The molecule has 0 fully saturated rings. The van der Waals surface area contributed by atoms with Crippen molar-refractivity contribution in [2.24, 2.45) is 5.16 Å². The molecule has 23 heavy (non-hydrogen) atoms. The van der Waals surface area contributed by atoms with Crippen LogP contribution in [0.2, 0.25) is 0 Å². The van der Waals surface area contributed by atoms with Gasteiger partial charge in [0.1, 0.15) is 5.69 Å². The molecule has 0 saturated heterocycles. The molecule has 1 aromatic carbocycles. The van der Waals surface area contributed by atoms with E-state index < -0.39 is 23.2 Å². The first-order valence-electron chi connectivity index (χ1n) is 6.18. The van der Waals surface area contributed by atoms with Gasteiger partial charge in [-0.3, -0.25) is 4.79 Å². The second kappa shape index (κ2) is 6.78. The fourth-order valence-corrected chi connectivity index (χ4v) is 2.11. The molecule has 120 valence electrons. The molecular formula is C14H10F3N3O2S. The molecule has 0 aliphatic rings. The number of thioether (sulfide) groups is 1. The van der Waals surface area contributed by atoms with Gasteiger partial charge >= 0.3 is 6.18 Å². The number of aromatic nitrogens is 2. The molecule has 1 heterocycles. The van der Waals surface area contributed by atoms with E-state index in [2.05, 4.69) is 15.1 Å². The molecule has 0 bridgehead atoms. The fraction of sp³-hybridized carbons (Fsp3) is 0.143. The Bertz CT molecular complexity index is 763. The first-order chi connectivity index (χ1) is 10.9. The van der Waals surface area contributed by atoms with Gasteiger partial charge in [-0.1, -0.05) is 29.1 Å². The van der Waals surface area contributed by atoms with Crippen LogP contribution in [-0.2, 0) is 6.18 Å². The third-order valence-corrected chi connectivity index (χ3v) is 3.39. The summed E-state index contributed by atoms with van der Waals surface area (Å²) in [6.07, 6.45) is -1.50. The number of hydrogen-bond acceptors (Lipinski definition) is 6. The summed E-state index contributed by atoms with van der Waals surface area (Å²) in [6.45, 7) is 0. The van der Waals surface area contributed by atoms with Gasteiger partial charge in [0, 0.05) is 11.8 Å². The number of ketones is 1. The lowest BCUT2D eigenvalue weighted by Crippen LogP contribution is -2.18. The van der Waals surface area contributed by atoms with Crippen molar-refractivity contribution in [1.29, 1.82) is 0 Å². The highest BCUT2D eigenvalue weighted by Crippen LogP contribution is 2.29. The second-order valence-electron chi connectivity index (χ2n) is 4.28. The highest BCUT2D eigenvalue weighted by atomic mass is 32.2. The molecule has 0 radical (unpaired) electrons. The Hall–Kier alpha value is -2.42. The number of hydrogen-bond donors (Lipinski definition) is 1. The predicted octanol–water partition coefficient (Wildman–Crippen LogP) is 3.28. The molecule has 0 unspecified atom stereocenters. The van der Waals surface area contributed by atoms with E-state index in [9.17, 15) is 18.0 Å². The highest BCUT2D eigenvalue weighted by Gasteiger charge is 2.31. The van der Waals surface area contributed by atoms with Crippen LogP contribution in [0.25, 0.3) is 0 Å². The van der Waals surface area contributed by atoms with Crippen molar-refractivity contribution in [2.75, 3.05) is 6.26 Å². The number of Topliss-reactive ketones (excluding diaryl/α,β-unsaturated/α-hetero) is 1. The molecule has 0 spiro atoms. The first-order valence-corrected chi connectivity index (χ1v) is 7.40. The second-order valence-corrected chi connectivity index (χ2v) is 5.06. The summed E-state index contributed by atoms with van der Waals surface area (Å²) < 4.78 is 38.2. The predicted molar refractivity (Wildman–Crippen MR) is 77.9 cm³/mol. The summed E-state index contributed by atoms with van der Waals surface area (Å²) >= 11 is 1.21. The lowest BCUT2D eigenvalue weighted by atomic mass is 10.0. The van der Waals surface area contributed by atoms with Crippen molar-refractivity contribution in [3.8, 4) is 0 Å². The average Bonchev–Trinajstić information content (AvgIpc) is 2.55. The maximum atomic E-state index is 12.7. The average molecular weight is 341 g/mol. The zero-order valence-corrected chi connectivity index (χ0v) is 12.5. The molecule has 0 amide bonds. The van der Waals surface area contributed by atoms with Gasteiger partial charge in [-0.15, -0.1) is 0 Å². The van der Waals surface area contributed by atoms with Crippen molar-refractivity contribution in [3.05, 3.63) is 53.3 Å². The van der Waals surface area contributed by atoms with E-state index in [1.807, 2.05) is 0 Å². The van der Waals surface area contributed by atoms with Gasteiger partial charge in [0.15, 0.2) is 10.9 Å². The fourth-order valence-electron chi connectivity index (χ4n) is 1.76. The molecular weight excluding hydrogens is 331 g/mol. The Balaban J connectivity index is 2.41. The number of benzene rings is 1. The van der Waals surface area contributed by atoms with Crippen LogP contribution in [0.4, 0.5) is 13.2 Å². The maximum Gasteiger partial charge on any atom is 0.416 e. The molecule has 5 nitrogen and oxygen atoms in total. The Kier molecular flexibility index (Phi) is 4.99. The van der Waals surface area contributed by atoms with E-state index in [4.69, 9.17) is 5.21 Å². The minimum atomic E-state index is -4.58. The summed E-state index contributed by atoms with van der Waals surface area (Å²) in [7, 11) is 0. The van der Waals surface area contributed by atoms with Crippen LogP contribution in [0.1, 0.15) is 21.6 Å². The molecule has 0 saturated carbocycles. The van der Waals surface area contributed by atoms with Gasteiger partial charge in [-0.2, -0.15) is 13.2 Å². The number of carbonyl (C=O) groups excluding carboxylic acids is 1. The van der Waals surface area contributed by atoms with Crippen LogP contribution in [-0.4, -0.2) is 32.9 Å². The standard InChI is InChI=1S/C14H10F3N3O2S/c1-23-13-18-6-5-10(19-13)11(20-22)12(21)8-3-2-4-9(7-8)14(15,16)17/h2-7,22H,1H3/b20-11-. The normalized spacial score (nSPS) is 12.3. The monoisotopic (exact) mass is 341 g/mol. The van der Waals surface area contributed by atoms with E-state index in [1.54, 1.807) is 6.26 Å². The molecule has 9 heteroatoms. The minimum Gasteiger partial charge on any atom is -0.410 e. The van der Waals surface area contributed by atoms with Gasteiger partial charge in [0.2, 0.25) is 5.78 Å². The molecule has 2 rings (SSSR count). The summed E-state index contributed by atoms with van der Waals surface area (Å²) in [4.78, 5) is 20.2. The van der Waals surface area contributed by atoms with Gasteiger partial charge in [0.25, 0.3) is 0 Å². The molecule has 0 atom stereocenters. The minimum absolute atomic E-state index is 0.0225. The number of alkyl halides is 3. The number of rotatable bonds is 4. The smallest absolute Gasteiger partial charge is 0.410 e. The zero-order valence-electron chi connectivity index (χ0n) is 11.7. The van der Waals surface area contributed by atoms with Crippen LogP contribution >= 0.6 is 11.8 Å². The quantitative estimate of drug-likeness (QED) is 0.231. The summed E-state index contributed by atoms with van der Waals surface area (Å²) in [5, 5.41) is 12.3. The van der Waals surface area contributed by atoms with Gasteiger partial charge < -0.3 is 5.21 Å². The van der Waals surface area contributed by atoms with Crippen LogP contribution in [0.3, 0.4) is 0 Å². The van der Waals surface area contributed by atoms with Crippen LogP contribution in [0.5, 0.6) is 0 Å². The Morgan fingerprint density at radius 2 is 2.04 bits per heavy atom. The molecule has 1 N–H and O–H groups in total. The van der Waals surface area contributed by atoms with Crippen molar-refractivity contribution < 1.29 is 23.2 Å². The summed E-state index contributed by atoms with van der Waals surface area (Å²) in [5.74, 6) is -0.871. The van der Waals surface area contributed by atoms with Crippen molar-refractivity contribution >= 4 is 23.3 Å². The first kappa shape index (κ1) is 16.9. The van der Waals surface area contributed by atoms with Gasteiger partial charge in [0.05, 0.1) is 5.56 Å². The van der Waals surface area contributed by atoms with Crippen molar-refractivity contribution in [2.45, 2.75) is 11.3 Å². The zero-order chi connectivity index (χ0) is 17.0. The van der Waals surface area contributed by atoms with Crippen LogP contribution in [0, 0.1) is 0 Å². The number of oxime groups is 1. The number of halogens is 3. The van der Waals surface area contributed by atoms with E-state index in [0.29, 0.717) is 11.2 Å². The molecule has 0 aliphatic carbocycles. The van der Waals surface area contributed by atoms with Crippen molar-refractivity contribution in [1.82, 2.24) is 9.97 Å². The number of nitrogens with zero attached hydrogens (tertiary/aromatic N) is 3. The third-order valence-electron chi connectivity index (χ3n) is 2.83.